The number of nitrogens with one attached hydrogen (secondary N) is 1. The van der Waals surface area contributed by atoms with Crippen LogP contribution in [0.3, 0.4) is 0 Å². The van der Waals surface area contributed by atoms with Crippen molar-refractivity contribution >= 4 is 43.5 Å². The molecule has 0 saturated heterocycles. The van der Waals surface area contributed by atoms with Crippen molar-refractivity contribution in [1.29, 1.82) is 0 Å². The van der Waals surface area contributed by atoms with E-state index in [1.54, 1.807) is 0 Å². The Morgan fingerprint density at radius 1 is 1.32 bits per heavy atom. The molecule has 102 valence electrons. The highest BCUT2D eigenvalue weighted by atomic mass is 79.9. The topological polar surface area (TPSA) is 29.1 Å². The first-order chi connectivity index (χ1) is 9.19. The van der Waals surface area contributed by atoms with Crippen molar-refractivity contribution in [2.45, 2.75) is 43.9 Å². The van der Waals surface area contributed by atoms with Gasteiger partial charge in [-0.3, -0.25) is 4.79 Å². The molecule has 1 atom stereocenters. The van der Waals surface area contributed by atoms with Crippen molar-refractivity contribution in [2.24, 2.45) is 0 Å². The highest BCUT2D eigenvalue weighted by Gasteiger charge is 2.49. The van der Waals surface area contributed by atoms with Crippen LogP contribution in [0, 0.1) is 0 Å². The van der Waals surface area contributed by atoms with Crippen LogP contribution >= 0.6 is 31.9 Å². The minimum Gasteiger partial charge on any atom is -0.325 e. The lowest BCUT2D eigenvalue weighted by molar-refractivity contribution is -0.121. The van der Waals surface area contributed by atoms with Gasteiger partial charge in [0.25, 0.3) is 0 Å². The molecule has 19 heavy (non-hydrogen) atoms. The van der Waals surface area contributed by atoms with Gasteiger partial charge in [-0.1, -0.05) is 38.3 Å². The van der Waals surface area contributed by atoms with E-state index in [0.717, 1.165) is 54.0 Å². The largest absolute Gasteiger partial charge is 0.325 e. The Hall–Kier alpha value is -0.350. The fourth-order valence-electron chi connectivity index (χ4n) is 3.56. The maximum absolute atomic E-state index is 12.5. The highest BCUT2D eigenvalue weighted by Crippen LogP contribution is 2.51. The lowest BCUT2D eigenvalue weighted by Crippen LogP contribution is -2.37. The van der Waals surface area contributed by atoms with Crippen molar-refractivity contribution in [2.75, 3.05) is 10.6 Å². The van der Waals surface area contributed by atoms with Crippen molar-refractivity contribution in [3.63, 3.8) is 0 Å². The summed E-state index contributed by atoms with van der Waals surface area (Å²) in [5.41, 5.74) is 3.42. The number of hydrogen-bond acceptors (Lipinski definition) is 1. The summed E-state index contributed by atoms with van der Waals surface area (Å²) in [5, 5.41) is 4.12. The minimum atomic E-state index is -0.255. The molecular formula is C15H17Br2NO. The lowest BCUT2D eigenvalue weighted by Gasteiger charge is -2.33. The standard InChI is InChI=1S/C15H17Br2NO/c16-9-2-1-7-15-8-3-4-10-11(17)5-6-12(13(10)15)18-14(15)19/h5-6H,1-4,7-9H2,(H,18,19)/t15-/m1/s1. The minimum absolute atomic E-state index is 0.219. The summed E-state index contributed by atoms with van der Waals surface area (Å²) in [6, 6.07) is 4.10. The van der Waals surface area contributed by atoms with Gasteiger partial charge in [0, 0.05) is 15.5 Å². The quantitative estimate of drug-likeness (QED) is 0.597. The zero-order valence-electron chi connectivity index (χ0n) is 10.8. The van der Waals surface area contributed by atoms with Crippen LogP contribution in [-0.4, -0.2) is 11.2 Å². The predicted octanol–water partition coefficient (Wildman–Crippen LogP) is 4.54. The molecule has 0 radical (unpaired) electrons. The molecule has 1 aliphatic carbocycles. The SMILES string of the molecule is O=C1Nc2ccc(Br)c3c2[C@@]1(CCCCBr)CCC3. The van der Waals surface area contributed by atoms with Crippen molar-refractivity contribution in [3.05, 3.63) is 27.7 Å². The van der Waals surface area contributed by atoms with E-state index in [4.69, 9.17) is 0 Å². The molecule has 4 heteroatoms. The van der Waals surface area contributed by atoms with Gasteiger partial charge in [0.15, 0.2) is 0 Å². The van der Waals surface area contributed by atoms with Gasteiger partial charge in [-0.15, -0.1) is 0 Å². The molecule has 1 N–H and O–H groups in total. The van der Waals surface area contributed by atoms with E-state index in [1.807, 2.05) is 6.07 Å². The van der Waals surface area contributed by atoms with Crippen LogP contribution in [0.2, 0.25) is 0 Å². The summed E-state index contributed by atoms with van der Waals surface area (Å²) in [4.78, 5) is 12.5. The molecule has 0 unspecified atom stereocenters. The third-order valence-corrected chi connectivity index (χ3v) is 5.74. The van der Waals surface area contributed by atoms with Crippen molar-refractivity contribution in [1.82, 2.24) is 0 Å². The number of alkyl halides is 1. The third-order valence-electron chi connectivity index (χ3n) is 4.43. The Labute approximate surface area is 130 Å². The lowest BCUT2D eigenvalue weighted by atomic mass is 9.68. The van der Waals surface area contributed by atoms with Crippen LogP contribution in [0.5, 0.6) is 0 Å². The second-order valence-electron chi connectivity index (χ2n) is 5.48. The summed E-state index contributed by atoms with van der Waals surface area (Å²) >= 11 is 7.13. The zero-order chi connectivity index (χ0) is 13.5. The summed E-state index contributed by atoms with van der Waals surface area (Å²) < 4.78 is 1.16. The number of hydrogen-bond donors (Lipinski definition) is 1. The summed E-state index contributed by atoms with van der Waals surface area (Å²) in [5.74, 6) is 0.219. The number of benzene rings is 1. The molecule has 2 aliphatic rings. The Kier molecular flexibility index (Phi) is 3.73. The number of unbranched alkanes of at least 4 members (excludes halogenated alkanes) is 1. The van der Waals surface area contributed by atoms with Crippen LogP contribution in [-0.2, 0) is 16.6 Å². The second kappa shape index (κ2) is 5.21. The predicted molar refractivity (Wildman–Crippen MR) is 85.0 cm³/mol. The molecule has 0 saturated carbocycles. The number of carbonyl (C=O) groups is 1. The van der Waals surface area contributed by atoms with Gasteiger partial charge in [0.1, 0.15) is 0 Å². The molecule has 3 rings (SSSR count). The van der Waals surface area contributed by atoms with Crippen LogP contribution in [0.15, 0.2) is 16.6 Å². The second-order valence-corrected chi connectivity index (χ2v) is 7.13. The van der Waals surface area contributed by atoms with Gasteiger partial charge in [0.2, 0.25) is 5.91 Å². The molecule has 0 fully saturated rings. The molecule has 1 amide bonds. The van der Waals surface area contributed by atoms with E-state index in [2.05, 4.69) is 43.2 Å². The van der Waals surface area contributed by atoms with Crippen LogP contribution in [0.25, 0.3) is 0 Å². The fourth-order valence-corrected chi connectivity index (χ4v) is 4.49. The first kappa shape index (κ1) is 13.6. The fraction of sp³-hybridized carbons (Fsp3) is 0.533. The normalized spacial score (nSPS) is 24.2. The Balaban J connectivity index is 2.05. The van der Waals surface area contributed by atoms with E-state index in [0.29, 0.717) is 0 Å². The van der Waals surface area contributed by atoms with Crippen LogP contribution < -0.4 is 5.32 Å². The number of rotatable bonds is 4. The highest BCUT2D eigenvalue weighted by molar-refractivity contribution is 9.10. The van der Waals surface area contributed by atoms with Gasteiger partial charge in [-0.25, -0.2) is 0 Å². The summed E-state index contributed by atoms with van der Waals surface area (Å²) in [6.45, 7) is 0. The number of halogens is 2. The average Bonchev–Trinajstić information content (AvgIpc) is 2.69. The van der Waals surface area contributed by atoms with E-state index in [1.165, 1.54) is 11.1 Å². The van der Waals surface area contributed by atoms with E-state index < -0.39 is 0 Å². The molecular weight excluding hydrogens is 370 g/mol. The maximum Gasteiger partial charge on any atom is 0.235 e. The molecule has 2 nitrogen and oxygen atoms in total. The average molecular weight is 387 g/mol. The van der Waals surface area contributed by atoms with Gasteiger partial charge in [0.05, 0.1) is 5.41 Å². The Bertz CT molecular complexity index is 529. The smallest absolute Gasteiger partial charge is 0.235 e. The van der Waals surface area contributed by atoms with E-state index in [-0.39, 0.29) is 11.3 Å². The summed E-state index contributed by atoms with van der Waals surface area (Å²) in [6.07, 6.45) is 6.39. The van der Waals surface area contributed by atoms with E-state index in [9.17, 15) is 4.79 Å². The Morgan fingerprint density at radius 3 is 2.95 bits per heavy atom. The number of carbonyl (C=O) groups excluding carboxylic acids is 1. The molecule has 0 aromatic heterocycles. The molecule has 1 aliphatic heterocycles. The first-order valence-corrected chi connectivity index (χ1v) is 8.80. The van der Waals surface area contributed by atoms with Gasteiger partial charge in [-0.05, 0) is 55.4 Å². The van der Waals surface area contributed by atoms with Crippen LogP contribution in [0.1, 0.15) is 43.2 Å². The van der Waals surface area contributed by atoms with Gasteiger partial charge >= 0.3 is 0 Å². The number of anilines is 1. The van der Waals surface area contributed by atoms with Gasteiger partial charge < -0.3 is 5.32 Å². The van der Waals surface area contributed by atoms with Crippen LogP contribution in [0.4, 0.5) is 5.69 Å². The maximum atomic E-state index is 12.5. The van der Waals surface area contributed by atoms with Crippen molar-refractivity contribution < 1.29 is 4.79 Å². The molecule has 0 spiro atoms. The van der Waals surface area contributed by atoms with Gasteiger partial charge in [-0.2, -0.15) is 0 Å². The zero-order valence-corrected chi connectivity index (χ0v) is 13.9. The monoisotopic (exact) mass is 385 g/mol. The molecule has 1 aromatic carbocycles. The first-order valence-electron chi connectivity index (χ1n) is 6.88. The molecule has 0 bridgehead atoms. The number of amides is 1. The van der Waals surface area contributed by atoms with Crippen molar-refractivity contribution in [3.8, 4) is 0 Å². The molecule has 1 aromatic rings. The Morgan fingerprint density at radius 2 is 2.16 bits per heavy atom. The van der Waals surface area contributed by atoms with E-state index >= 15 is 0 Å². The molecule has 1 heterocycles. The summed E-state index contributed by atoms with van der Waals surface area (Å²) in [7, 11) is 0. The third kappa shape index (κ3) is 2.07.